The molecule has 0 spiro atoms. The summed E-state index contributed by atoms with van der Waals surface area (Å²) in [6.45, 7) is 0.229. The second-order valence-electron chi connectivity index (χ2n) is 1.68. The molecule has 0 aliphatic heterocycles. The highest BCUT2D eigenvalue weighted by Crippen LogP contribution is 1.87. The molecule has 0 heterocycles. The first kappa shape index (κ1) is 8.82. The Kier molecular flexibility index (Phi) is 6.90. The van der Waals surface area contributed by atoms with E-state index in [0.29, 0.717) is 0 Å². The third-order valence-corrected chi connectivity index (χ3v) is 0.874. The summed E-state index contributed by atoms with van der Waals surface area (Å²) < 4.78 is 0. The van der Waals surface area contributed by atoms with Gasteiger partial charge in [-0.15, -0.1) is 6.42 Å². The van der Waals surface area contributed by atoms with Crippen LogP contribution in [-0.2, 0) is 0 Å². The second-order valence-corrected chi connectivity index (χ2v) is 1.68. The van der Waals surface area contributed by atoms with E-state index >= 15 is 0 Å². The SMILES string of the molecule is C#CC#CC=CCCCO. The van der Waals surface area contributed by atoms with Gasteiger partial charge >= 0.3 is 0 Å². The molecule has 1 nitrogen and oxygen atoms in total. The zero-order valence-electron chi connectivity index (χ0n) is 5.80. The number of allylic oxidation sites excluding steroid dienone is 2. The van der Waals surface area contributed by atoms with Gasteiger partial charge in [0.05, 0.1) is 0 Å². The molecule has 0 saturated carbocycles. The van der Waals surface area contributed by atoms with Gasteiger partial charge in [0.25, 0.3) is 0 Å². The molecule has 52 valence electrons. The number of hydrogen-bond donors (Lipinski definition) is 1. The summed E-state index contributed by atoms with van der Waals surface area (Å²) in [5.41, 5.74) is 0. The number of hydrogen-bond acceptors (Lipinski definition) is 1. The van der Waals surface area contributed by atoms with Crippen LogP contribution in [0.5, 0.6) is 0 Å². The lowest BCUT2D eigenvalue weighted by molar-refractivity contribution is 0.289. The maximum absolute atomic E-state index is 8.37. The maximum atomic E-state index is 8.37. The molecule has 0 saturated heterocycles. The number of unbranched alkanes of at least 4 members (excludes halogenated alkanes) is 1. The molecule has 10 heavy (non-hydrogen) atoms. The summed E-state index contributed by atoms with van der Waals surface area (Å²) in [5.74, 6) is 7.30. The van der Waals surface area contributed by atoms with Crippen molar-refractivity contribution in [3.05, 3.63) is 12.2 Å². The van der Waals surface area contributed by atoms with E-state index in [4.69, 9.17) is 11.5 Å². The number of rotatable bonds is 3. The molecule has 1 heteroatoms. The fourth-order valence-electron chi connectivity index (χ4n) is 0.435. The highest BCUT2D eigenvalue weighted by Gasteiger charge is 1.75. The monoisotopic (exact) mass is 134 g/mol. The molecule has 1 N–H and O–H groups in total. The maximum Gasteiger partial charge on any atom is 0.0433 e. The minimum atomic E-state index is 0.229. The van der Waals surface area contributed by atoms with E-state index < -0.39 is 0 Å². The lowest BCUT2D eigenvalue weighted by atomic mass is 10.3. The molecule has 0 fully saturated rings. The van der Waals surface area contributed by atoms with Gasteiger partial charge in [-0.25, -0.2) is 0 Å². The normalized spacial score (nSPS) is 8.40. The zero-order chi connectivity index (χ0) is 7.66. The van der Waals surface area contributed by atoms with Gasteiger partial charge < -0.3 is 5.11 Å². The number of terminal acetylenes is 1. The molecule has 0 bridgehead atoms. The van der Waals surface area contributed by atoms with Gasteiger partial charge in [0.1, 0.15) is 0 Å². The lowest BCUT2D eigenvalue weighted by Crippen LogP contribution is -1.77. The van der Waals surface area contributed by atoms with Crippen molar-refractivity contribution in [2.24, 2.45) is 0 Å². The summed E-state index contributed by atoms with van der Waals surface area (Å²) in [7, 11) is 0. The molecular formula is C9H10O. The Bertz CT molecular complexity index is 185. The van der Waals surface area contributed by atoms with Crippen LogP contribution in [0.2, 0.25) is 0 Å². The first-order valence-corrected chi connectivity index (χ1v) is 3.14. The molecule has 0 atom stereocenters. The topological polar surface area (TPSA) is 20.2 Å². The Morgan fingerprint density at radius 2 is 2.30 bits per heavy atom. The lowest BCUT2D eigenvalue weighted by Gasteiger charge is -1.83. The first-order chi connectivity index (χ1) is 4.91. The van der Waals surface area contributed by atoms with Crippen molar-refractivity contribution < 1.29 is 5.11 Å². The largest absolute Gasteiger partial charge is 0.396 e. The van der Waals surface area contributed by atoms with Gasteiger partial charge in [-0.1, -0.05) is 12.0 Å². The summed E-state index contributed by atoms with van der Waals surface area (Å²) >= 11 is 0. The molecule has 0 rings (SSSR count). The first-order valence-electron chi connectivity index (χ1n) is 3.14. The molecular weight excluding hydrogens is 124 g/mol. The molecule has 0 aromatic rings. The van der Waals surface area contributed by atoms with Crippen LogP contribution < -0.4 is 0 Å². The predicted octanol–water partition coefficient (Wildman–Crippen LogP) is 0.952. The van der Waals surface area contributed by atoms with Crippen molar-refractivity contribution in [3.63, 3.8) is 0 Å². The fourth-order valence-corrected chi connectivity index (χ4v) is 0.435. The standard InChI is InChI=1S/C9H10O/c1-2-3-4-5-6-7-8-9-10/h1,5-6,10H,7-9H2. The summed E-state index contributed by atoms with van der Waals surface area (Å²) in [6.07, 6.45) is 10.1. The summed E-state index contributed by atoms with van der Waals surface area (Å²) in [5, 5.41) is 8.37. The molecule has 0 aliphatic carbocycles. The average Bonchev–Trinajstić information content (AvgIpc) is 1.97. The van der Waals surface area contributed by atoms with Crippen molar-refractivity contribution >= 4 is 0 Å². The van der Waals surface area contributed by atoms with E-state index in [2.05, 4.69) is 17.8 Å². The number of aliphatic hydroxyl groups excluding tert-OH is 1. The van der Waals surface area contributed by atoms with E-state index in [0.717, 1.165) is 12.8 Å². The Morgan fingerprint density at radius 3 is 2.90 bits per heavy atom. The Labute approximate surface area is 61.8 Å². The molecule has 0 aliphatic rings. The van der Waals surface area contributed by atoms with E-state index in [9.17, 15) is 0 Å². The van der Waals surface area contributed by atoms with Gasteiger partial charge in [-0.3, -0.25) is 0 Å². The van der Waals surface area contributed by atoms with Gasteiger partial charge in [0.2, 0.25) is 0 Å². The Balaban J connectivity index is 3.31. The van der Waals surface area contributed by atoms with Crippen molar-refractivity contribution in [2.45, 2.75) is 12.8 Å². The van der Waals surface area contributed by atoms with Crippen molar-refractivity contribution in [3.8, 4) is 24.2 Å². The summed E-state index contributed by atoms with van der Waals surface area (Å²) in [6, 6.07) is 0. The average molecular weight is 134 g/mol. The third-order valence-electron chi connectivity index (χ3n) is 0.874. The molecule has 0 unspecified atom stereocenters. The number of aliphatic hydroxyl groups is 1. The van der Waals surface area contributed by atoms with Crippen LogP contribution in [0.3, 0.4) is 0 Å². The van der Waals surface area contributed by atoms with Crippen LogP contribution >= 0.6 is 0 Å². The second kappa shape index (κ2) is 7.82. The van der Waals surface area contributed by atoms with E-state index in [-0.39, 0.29) is 6.61 Å². The third kappa shape index (κ3) is 6.82. The summed E-state index contributed by atoms with van der Waals surface area (Å²) in [4.78, 5) is 0. The predicted molar refractivity (Wildman–Crippen MR) is 42.1 cm³/mol. The van der Waals surface area contributed by atoms with Crippen LogP contribution in [0, 0.1) is 24.2 Å². The van der Waals surface area contributed by atoms with Gasteiger partial charge in [-0.2, -0.15) is 0 Å². The molecule has 0 aromatic carbocycles. The van der Waals surface area contributed by atoms with Crippen LogP contribution in [0.15, 0.2) is 12.2 Å². The van der Waals surface area contributed by atoms with E-state index in [1.807, 2.05) is 6.08 Å². The van der Waals surface area contributed by atoms with Crippen LogP contribution in [0.1, 0.15) is 12.8 Å². The minimum absolute atomic E-state index is 0.229. The van der Waals surface area contributed by atoms with Crippen LogP contribution in [0.25, 0.3) is 0 Å². The van der Waals surface area contributed by atoms with Crippen molar-refractivity contribution in [1.82, 2.24) is 0 Å². The zero-order valence-corrected chi connectivity index (χ0v) is 5.80. The molecule has 0 radical (unpaired) electrons. The van der Waals surface area contributed by atoms with Gasteiger partial charge in [0, 0.05) is 6.61 Å². The van der Waals surface area contributed by atoms with E-state index in [1.165, 1.54) is 0 Å². The smallest absolute Gasteiger partial charge is 0.0433 e. The van der Waals surface area contributed by atoms with Crippen molar-refractivity contribution in [2.75, 3.05) is 6.61 Å². The highest BCUT2D eigenvalue weighted by atomic mass is 16.2. The molecule has 0 aromatic heterocycles. The highest BCUT2D eigenvalue weighted by molar-refractivity contribution is 5.27. The van der Waals surface area contributed by atoms with Crippen molar-refractivity contribution in [1.29, 1.82) is 0 Å². The Hall–Kier alpha value is -1.18. The van der Waals surface area contributed by atoms with Crippen LogP contribution in [0.4, 0.5) is 0 Å². The quantitative estimate of drug-likeness (QED) is 0.450. The minimum Gasteiger partial charge on any atom is -0.396 e. The van der Waals surface area contributed by atoms with Crippen LogP contribution in [-0.4, -0.2) is 11.7 Å². The van der Waals surface area contributed by atoms with E-state index in [1.54, 1.807) is 6.08 Å². The Morgan fingerprint density at radius 1 is 1.50 bits per heavy atom. The van der Waals surface area contributed by atoms with Gasteiger partial charge in [-0.05, 0) is 30.8 Å². The molecule has 0 amide bonds. The van der Waals surface area contributed by atoms with Gasteiger partial charge in [0.15, 0.2) is 0 Å². The fraction of sp³-hybridized carbons (Fsp3) is 0.333.